The number of aromatic nitrogens is 3. The highest BCUT2D eigenvalue weighted by Crippen LogP contribution is 2.15. The molecule has 0 amide bonds. The fourth-order valence-electron chi connectivity index (χ4n) is 2.39. The SMILES string of the molecule is CCCNC(Cc1cccc(OC)c1)Cc1cn(C)nn1. The largest absolute Gasteiger partial charge is 0.497 e. The van der Waals surface area contributed by atoms with Gasteiger partial charge in [-0.15, -0.1) is 5.10 Å². The molecule has 1 unspecified atom stereocenters. The van der Waals surface area contributed by atoms with E-state index in [1.54, 1.807) is 11.8 Å². The van der Waals surface area contributed by atoms with E-state index in [1.165, 1.54) is 5.56 Å². The van der Waals surface area contributed by atoms with Gasteiger partial charge in [0.1, 0.15) is 5.75 Å². The van der Waals surface area contributed by atoms with Crippen LogP contribution >= 0.6 is 0 Å². The number of benzene rings is 1. The summed E-state index contributed by atoms with van der Waals surface area (Å²) in [7, 11) is 3.60. The first-order valence-corrected chi connectivity index (χ1v) is 7.42. The van der Waals surface area contributed by atoms with E-state index in [0.717, 1.165) is 37.3 Å². The van der Waals surface area contributed by atoms with Crippen molar-refractivity contribution in [3.8, 4) is 5.75 Å². The molecule has 1 heterocycles. The van der Waals surface area contributed by atoms with Crippen LogP contribution in [-0.4, -0.2) is 34.7 Å². The van der Waals surface area contributed by atoms with Gasteiger partial charge in [-0.05, 0) is 37.1 Å². The van der Waals surface area contributed by atoms with Crippen molar-refractivity contribution in [3.05, 3.63) is 41.7 Å². The minimum atomic E-state index is 0.355. The Morgan fingerprint density at radius 1 is 1.33 bits per heavy atom. The molecule has 1 aromatic carbocycles. The molecule has 2 aromatic rings. The second kappa shape index (κ2) is 7.78. The van der Waals surface area contributed by atoms with Crippen molar-refractivity contribution in [2.24, 2.45) is 7.05 Å². The monoisotopic (exact) mass is 288 g/mol. The molecule has 2 rings (SSSR count). The van der Waals surface area contributed by atoms with Crippen LogP contribution in [0.3, 0.4) is 0 Å². The number of nitrogens with one attached hydrogen (secondary N) is 1. The third kappa shape index (κ3) is 4.86. The fourth-order valence-corrected chi connectivity index (χ4v) is 2.39. The molecule has 0 saturated carbocycles. The van der Waals surface area contributed by atoms with Gasteiger partial charge in [0, 0.05) is 25.7 Å². The van der Waals surface area contributed by atoms with E-state index >= 15 is 0 Å². The number of ether oxygens (including phenoxy) is 1. The molecule has 0 bridgehead atoms. The van der Waals surface area contributed by atoms with Crippen LogP contribution < -0.4 is 10.1 Å². The molecule has 0 spiro atoms. The molecule has 21 heavy (non-hydrogen) atoms. The van der Waals surface area contributed by atoms with Crippen molar-refractivity contribution in [2.45, 2.75) is 32.2 Å². The Bertz CT molecular complexity index is 553. The zero-order valence-electron chi connectivity index (χ0n) is 13.0. The summed E-state index contributed by atoms with van der Waals surface area (Å²) in [6.07, 6.45) is 4.93. The predicted molar refractivity (Wildman–Crippen MR) is 83.5 cm³/mol. The predicted octanol–water partition coefficient (Wildman–Crippen LogP) is 1.98. The molecular formula is C16H24N4O. The summed E-state index contributed by atoms with van der Waals surface area (Å²) in [5, 5.41) is 11.8. The lowest BCUT2D eigenvalue weighted by molar-refractivity contribution is 0.413. The van der Waals surface area contributed by atoms with Gasteiger partial charge in [0.05, 0.1) is 12.8 Å². The Labute approximate surface area is 126 Å². The van der Waals surface area contributed by atoms with Gasteiger partial charge in [0.25, 0.3) is 0 Å². The minimum absolute atomic E-state index is 0.355. The first kappa shape index (κ1) is 15.5. The lowest BCUT2D eigenvalue weighted by Gasteiger charge is -2.17. The summed E-state index contributed by atoms with van der Waals surface area (Å²) in [6.45, 7) is 3.19. The van der Waals surface area contributed by atoms with Gasteiger partial charge in [-0.1, -0.05) is 24.3 Å². The van der Waals surface area contributed by atoms with E-state index in [9.17, 15) is 0 Å². The van der Waals surface area contributed by atoms with E-state index < -0.39 is 0 Å². The number of nitrogens with zero attached hydrogens (tertiary/aromatic N) is 3. The summed E-state index contributed by atoms with van der Waals surface area (Å²) in [4.78, 5) is 0. The number of aryl methyl sites for hydroxylation is 1. The molecule has 0 aliphatic heterocycles. The van der Waals surface area contributed by atoms with Crippen molar-refractivity contribution >= 4 is 0 Å². The summed E-state index contributed by atoms with van der Waals surface area (Å²) in [6, 6.07) is 8.60. The van der Waals surface area contributed by atoms with Crippen molar-refractivity contribution < 1.29 is 4.74 Å². The number of hydrogen-bond acceptors (Lipinski definition) is 4. The molecule has 0 saturated heterocycles. The Balaban J connectivity index is 2.04. The molecule has 1 aromatic heterocycles. The van der Waals surface area contributed by atoms with Crippen molar-refractivity contribution in [3.63, 3.8) is 0 Å². The lowest BCUT2D eigenvalue weighted by Crippen LogP contribution is -2.34. The molecule has 114 valence electrons. The highest BCUT2D eigenvalue weighted by atomic mass is 16.5. The third-order valence-corrected chi connectivity index (χ3v) is 3.40. The smallest absolute Gasteiger partial charge is 0.119 e. The van der Waals surface area contributed by atoms with Crippen LogP contribution in [0.4, 0.5) is 0 Å². The zero-order chi connectivity index (χ0) is 15.1. The number of rotatable bonds is 8. The second-order valence-electron chi connectivity index (χ2n) is 5.29. The van der Waals surface area contributed by atoms with Gasteiger partial charge in [-0.25, -0.2) is 0 Å². The van der Waals surface area contributed by atoms with E-state index in [-0.39, 0.29) is 0 Å². The van der Waals surface area contributed by atoms with Crippen molar-refractivity contribution in [1.82, 2.24) is 20.3 Å². The number of methoxy groups -OCH3 is 1. The molecule has 1 N–H and O–H groups in total. The third-order valence-electron chi connectivity index (χ3n) is 3.40. The molecule has 0 aliphatic carbocycles. The zero-order valence-corrected chi connectivity index (χ0v) is 13.0. The fraction of sp³-hybridized carbons (Fsp3) is 0.500. The standard InChI is InChI=1S/C16H24N4O/c1-4-8-17-14(11-15-12-20(2)19-18-15)9-13-6-5-7-16(10-13)21-3/h5-7,10,12,14,17H,4,8-9,11H2,1-3H3. The van der Waals surface area contributed by atoms with Gasteiger partial charge in [0.15, 0.2) is 0 Å². The highest BCUT2D eigenvalue weighted by molar-refractivity contribution is 5.29. The Morgan fingerprint density at radius 2 is 2.19 bits per heavy atom. The lowest BCUT2D eigenvalue weighted by atomic mass is 10.0. The van der Waals surface area contributed by atoms with Crippen LogP contribution in [0.15, 0.2) is 30.5 Å². The van der Waals surface area contributed by atoms with Crippen LogP contribution in [0, 0.1) is 0 Å². The molecule has 1 atom stereocenters. The van der Waals surface area contributed by atoms with Crippen LogP contribution in [0.2, 0.25) is 0 Å². The van der Waals surface area contributed by atoms with Crippen LogP contribution in [0.25, 0.3) is 0 Å². The Hall–Kier alpha value is -1.88. The van der Waals surface area contributed by atoms with Crippen molar-refractivity contribution in [1.29, 1.82) is 0 Å². The van der Waals surface area contributed by atoms with Crippen LogP contribution in [0.1, 0.15) is 24.6 Å². The summed E-state index contributed by atoms with van der Waals surface area (Å²) in [5.41, 5.74) is 2.29. The first-order chi connectivity index (χ1) is 10.2. The maximum atomic E-state index is 5.29. The van der Waals surface area contributed by atoms with E-state index in [0.29, 0.717) is 6.04 Å². The molecule has 5 nitrogen and oxygen atoms in total. The van der Waals surface area contributed by atoms with Gasteiger partial charge in [-0.2, -0.15) is 0 Å². The van der Waals surface area contributed by atoms with E-state index in [1.807, 2.05) is 25.4 Å². The highest BCUT2D eigenvalue weighted by Gasteiger charge is 2.12. The maximum Gasteiger partial charge on any atom is 0.119 e. The van der Waals surface area contributed by atoms with Gasteiger partial charge >= 0.3 is 0 Å². The molecule has 0 radical (unpaired) electrons. The van der Waals surface area contributed by atoms with Gasteiger partial charge < -0.3 is 10.1 Å². The normalized spacial score (nSPS) is 12.3. The summed E-state index contributed by atoms with van der Waals surface area (Å²) in [5.74, 6) is 0.904. The van der Waals surface area contributed by atoms with Gasteiger partial charge in [-0.3, -0.25) is 4.68 Å². The molecule has 0 aliphatic rings. The summed E-state index contributed by atoms with van der Waals surface area (Å²) >= 11 is 0. The van der Waals surface area contributed by atoms with Crippen LogP contribution in [0.5, 0.6) is 5.75 Å². The molecule has 5 heteroatoms. The average molecular weight is 288 g/mol. The average Bonchev–Trinajstić information content (AvgIpc) is 2.90. The van der Waals surface area contributed by atoms with Crippen molar-refractivity contribution in [2.75, 3.05) is 13.7 Å². The quantitative estimate of drug-likeness (QED) is 0.807. The topological polar surface area (TPSA) is 52.0 Å². The molecule has 0 fully saturated rings. The Morgan fingerprint density at radius 3 is 2.86 bits per heavy atom. The van der Waals surface area contributed by atoms with E-state index in [2.05, 4.69) is 34.7 Å². The van der Waals surface area contributed by atoms with E-state index in [4.69, 9.17) is 4.74 Å². The maximum absolute atomic E-state index is 5.29. The first-order valence-electron chi connectivity index (χ1n) is 7.42. The molecular weight excluding hydrogens is 264 g/mol. The Kier molecular flexibility index (Phi) is 5.75. The minimum Gasteiger partial charge on any atom is -0.497 e. The second-order valence-corrected chi connectivity index (χ2v) is 5.29. The summed E-state index contributed by atoms with van der Waals surface area (Å²) < 4.78 is 7.04. The number of hydrogen-bond donors (Lipinski definition) is 1. The van der Waals surface area contributed by atoms with Gasteiger partial charge in [0.2, 0.25) is 0 Å². The van der Waals surface area contributed by atoms with Crippen LogP contribution in [-0.2, 0) is 19.9 Å².